The molecule has 2 heterocycles. The first-order valence-corrected chi connectivity index (χ1v) is 9.92. The molecule has 3 aromatic rings. The average molecular weight is 409 g/mol. The molecule has 1 amide bonds. The lowest BCUT2D eigenvalue weighted by molar-refractivity contribution is -0.120. The molecule has 1 aliphatic rings. The zero-order chi connectivity index (χ0) is 20.1. The van der Waals surface area contributed by atoms with Gasteiger partial charge in [-0.05, 0) is 43.2 Å². The highest BCUT2D eigenvalue weighted by Crippen LogP contribution is 2.31. The van der Waals surface area contributed by atoms with E-state index in [2.05, 4.69) is 20.2 Å². The van der Waals surface area contributed by atoms with Crippen molar-refractivity contribution in [2.24, 2.45) is 5.92 Å². The van der Waals surface area contributed by atoms with Crippen LogP contribution in [0.3, 0.4) is 0 Å². The highest BCUT2D eigenvalue weighted by atomic mass is 35.5. The summed E-state index contributed by atoms with van der Waals surface area (Å²) >= 11 is 5.99. The number of carbonyl (C=O) groups excluding carboxylic acids is 1. The van der Waals surface area contributed by atoms with Crippen LogP contribution in [-0.4, -0.2) is 29.0 Å². The van der Waals surface area contributed by atoms with E-state index in [9.17, 15) is 4.79 Å². The van der Waals surface area contributed by atoms with E-state index in [1.165, 1.54) is 0 Å². The molecule has 1 saturated heterocycles. The van der Waals surface area contributed by atoms with Gasteiger partial charge < -0.3 is 15.0 Å². The Labute approximate surface area is 174 Å². The lowest BCUT2D eigenvalue weighted by atomic mass is 9.96. The maximum atomic E-state index is 12.6. The van der Waals surface area contributed by atoms with Crippen LogP contribution in [0.4, 0.5) is 11.5 Å². The molecule has 0 bridgehead atoms. The monoisotopic (exact) mass is 408 g/mol. The van der Waals surface area contributed by atoms with Crippen molar-refractivity contribution in [2.45, 2.75) is 12.8 Å². The van der Waals surface area contributed by atoms with E-state index in [0.717, 1.165) is 18.5 Å². The number of halogens is 1. The summed E-state index contributed by atoms with van der Waals surface area (Å²) in [6, 6.07) is 16.7. The summed E-state index contributed by atoms with van der Waals surface area (Å²) in [4.78, 5) is 23.5. The molecule has 0 aliphatic carbocycles. The summed E-state index contributed by atoms with van der Waals surface area (Å²) in [6.45, 7) is 1.41. The van der Waals surface area contributed by atoms with Crippen LogP contribution in [0, 0.1) is 5.92 Å². The number of ether oxygens (including phenoxy) is 1. The van der Waals surface area contributed by atoms with Crippen LogP contribution in [-0.2, 0) is 4.79 Å². The number of benzene rings is 2. The minimum atomic E-state index is -0.0552. The Morgan fingerprint density at radius 1 is 1.03 bits per heavy atom. The van der Waals surface area contributed by atoms with Gasteiger partial charge >= 0.3 is 0 Å². The van der Waals surface area contributed by atoms with Crippen LogP contribution in [0.15, 0.2) is 67.0 Å². The number of hydrogen-bond donors (Lipinski definition) is 1. The number of hydrogen-bond acceptors (Lipinski definition) is 5. The molecule has 0 radical (unpaired) electrons. The van der Waals surface area contributed by atoms with Crippen molar-refractivity contribution < 1.29 is 9.53 Å². The summed E-state index contributed by atoms with van der Waals surface area (Å²) < 4.78 is 5.92. The largest absolute Gasteiger partial charge is 0.436 e. The Morgan fingerprint density at radius 2 is 1.79 bits per heavy atom. The second-order valence-corrected chi connectivity index (χ2v) is 7.30. The predicted molar refractivity (Wildman–Crippen MR) is 114 cm³/mol. The topological polar surface area (TPSA) is 67.4 Å². The third-order valence-corrected chi connectivity index (χ3v) is 5.10. The Morgan fingerprint density at radius 3 is 2.55 bits per heavy atom. The van der Waals surface area contributed by atoms with Gasteiger partial charge in [0.2, 0.25) is 5.91 Å². The summed E-state index contributed by atoms with van der Waals surface area (Å²) in [5.41, 5.74) is 0.720. The molecule has 2 aromatic carbocycles. The Hall–Kier alpha value is -3.12. The maximum absolute atomic E-state index is 12.6. The Balaban J connectivity index is 1.39. The van der Waals surface area contributed by atoms with Gasteiger partial charge in [-0.3, -0.25) is 4.79 Å². The second kappa shape index (κ2) is 8.92. The summed E-state index contributed by atoms with van der Waals surface area (Å²) in [5, 5.41) is 3.56. The van der Waals surface area contributed by atoms with Crippen LogP contribution < -0.4 is 15.0 Å². The zero-order valence-electron chi connectivity index (χ0n) is 15.8. The number of amides is 1. The number of rotatable bonds is 5. The molecule has 1 aliphatic heterocycles. The SMILES string of the molecule is O=C(Nc1cccc(Cl)c1)C1CCN(c2nccnc2Oc2ccccc2)CC1. The molecule has 1 fully saturated rings. The van der Waals surface area contributed by atoms with Crippen LogP contribution in [0.5, 0.6) is 11.6 Å². The van der Waals surface area contributed by atoms with Gasteiger partial charge in [-0.2, -0.15) is 0 Å². The number of aromatic nitrogens is 2. The third kappa shape index (κ3) is 4.84. The number of para-hydroxylation sites is 1. The molecular weight excluding hydrogens is 388 g/mol. The molecule has 1 aromatic heterocycles. The number of nitrogens with one attached hydrogen (secondary N) is 1. The van der Waals surface area contributed by atoms with Crippen molar-refractivity contribution in [1.82, 2.24) is 9.97 Å². The molecule has 4 rings (SSSR count). The predicted octanol–water partition coefficient (Wildman–Crippen LogP) is 4.78. The minimum Gasteiger partial charge on any atom is -0.436 e. The van der Waals surface area contributed by atoms with Crippen molar-refractivity contribution in [3.8, 4) is 11.6 Å². The van der Waals surface area contributed by atoms with Crippen molar-refractivity contribution in [2.75, 3.05) is 23.3 Å². The smallest absolute Gasteiger partial charge is 0.263 e. The summed E-state index contributed by atoms with van der Waals surface area (Å²) in [7, 11) is 0. The van der Waals surface area contributed by atoms with E-state index in [4.69, 9.17) is 16.3 Å². The number of anilines is 2. The van der Waals surface area contributed by atoms with Gasteiger partial charge in [0.05, 0.1) is 0 Å². The van der Waals surface area contributed by atoms with E-state index in [-0.39, 0.29) is 11.8 Å². The standard InChI is InChI=1S/C22H21ClN4O2/c23-17-5-4-6-18(15-17)26-21(28)16-9-13-27(14-10-16)20-22(25-12-11-24-20)29-19-7-2-1-3-8-19/h1-8,11-12,15-16H,9-10,13-14H2,(H,26,28). The fourth-order valence-corrected chi connectivity index (χ4v) is 3.56. The van der Waals surface area contributed by atoms with Crippen LogP contribution >= 0.6 is 11.6 Å². The molecule has 0 unspecified atom stereocenters. The molecule has 6 nitrogen and oxygen atoms in total. The van der Waals surface area contributed by atoms with Crippen LogP contribution in [0.25, 0.3) is 0 Å². The Kier molecular flexibility index (Phi) is 5.91. The first kappa shape index (κ1) is 19.2. The van der Waals surface area contributed by atoms with Gasteiger partial charge in [-0.1, -0.05) is 35.9 Å². The van der Waals surface area contributed by atoms with E-state index in [0.29, 0.717) is 35.6 Å². The van der Waals surface area contributed by atoms with E-state index in [1.54, 1.807) is 24.5 Å². The molecule has 7 heteroatoms. The molecule has 1 N–H and O–H groups in total. The zero-order valence-corrected chi connectivity index (χ0v) is 16.5. The normalized spacial score (nSPS) is 14.4. The van der Waals surface area contributed by atoms with Crippen molar-refractivity contribution in [1.29, 1.82) is 0 Å². The van der Waals surface area contributed by atoms with Crippen LogP contribution in [0.2, 0.25) is 5.02 Å². The highest BCUT2D eigenvalue weighted by molar-refractivity contribution is 6.30. The van der Waals surface area contributed by atoms with Crippen LogP contribution in [0.1, 0.15) is 12.8 Å². The highest BCUT2D eigenvalue weighted by Gasteiger charge is 2.27. The van der Waals surface area contributed by atoms with E-state index < -0.39 is 0 Å². The molecule has 148 valence electrons. The summed E-state index contributed by atoms with van der Waals surface area (Å²) in [5.74, 6) is 1.85. The number of piperidine rings is 1. The average Bonchev–Trinajstić information content (AvgIpc) is 2.75. The van der Waals surface area contributed by atoms with Gasteiger partial charge in [-0.15, -0.1) is 0 Å². The quantitative estimate of drug-likeness (QED) is 0.658. The van der Waals surface area contributed by atoms with Crippen molar-refractivity contribution >= 4 is 29.0 Å². The number of nitrogens with zero attached hydrogens (tertiary/aromatic N) is 3. The molecule has 0 atom stereocenters. The van der Waals surface area contributed by atoms with Crippen molar-refractivity contribution in [3.63, 3.8) is 0 Å². The first-order chi connectivity index (χ1) is 14.2. The minimum absolute atomic E-state index is 0.0202. The molecule has 0 saturated carbocycles. The fourth-order valence-electron chi connectivity index (χ4n) is 3.37. The first-order valence-electron chi connectivity index (χ1n) is 9.54. The van der Waals surface area contributed by atoms with Crippen molar-refractivity contribution in [3.05, 3.63) is 72.0 Å². The van der Waals surface area contributed by atoms with Gasteiger partial charge in [0.1, 0.15) is 5.75 Å². The molecular formula is C22H21ClN4O2. The molecule has 0 spiro atoms. The second-order valence-electron chi connectivity index (χ2n) is 6.86. The lowest BCUT2D eigenvalue weighted by Gasteiger charge is -2.32. The maximum Gasteiger partial charge on any atom is 0.263 e. The van der Waals surface area contributed by atoms with Gasteiger partial charge in [0, 0.05) is 42.1 Å². The van der Waals surface area contributed by atoms with Gasteiger partial charge in [-0.25, -0.2) is 9.97 Å². The van der Waals surface area contributed by atoms with E-state index in [1.807, 2.05) is 42.5 Å². The summed E-state index contributed by atoms with van der Waals surface area (Å²) in [6.07, 6.45) is 4.74. The number of carbonyl (C=O) groups is 1. The lowest BCUT2D eigenvalue weighted by Crippen LogP contribution is -2.38. The van der Waals surface area contributed by atoms with Gasteiger partial charge in [0.15, 0.2) is 5.82 Å². The third-order valence-electron chi connectivity index (χ3n) is 4.86. The molecule has 29 heavy (non-hydrogen) atoms. The van der Waals surface area contributed by atoms with E-state index >= 15 is 0 Å². The Bertz CT molecular complexity index is 975. The fraction of sp³-hybridized carbons (Fsp3) is 0.227. The van der Waals surface area contributed by atoms with Gasteiger partial charge in [0.25, 0.3) is 5.88 Å².